The molecule has 180 valence electrons. The Balaban J connectivity index is 1.44. The first-order chi connectivity index (χ1) is 16.8. The Morgan fingerprint density at radius 3 is 2.17 bits per heavy atom. The summed E-state index contributed by atoms with van der Waals surface area (Å²) in [6.45, 7) is 0.501. The zero-order valence-corrected chi connectivity index (χ0v) is 19.2. The monoisotopic (exact) mass is 477 g/mol. The summed E-state index contributed by atoms with van der Waals surface area (Å²) in [7, 11) is 0. The van der Waals surface area contributed by atoms with Crippen LogP contribution in [0, 0.1) is 5.41 Å². The van der Waals surface area contributed by atoms with Crippen LogP contribution in [0.4, 0.5) is 13.2 Å². The molecule has 0 aliphatic rings. The van der Waals surface area contributed by atoms with Crippen LogP contribution in [0.2, 0.25) is 0 Å². The first kappa shape index (κ1) is 24.4. The van der Waals surface area contributed by atoms with Crippen LogP contribution in [0.5, 0.6) is 0 Å². The van der Waals surface area contributed by atoms with Crippen LogP contribution >= 0.6 is 0 Å². The summed E-state index contributed by atoms with van der Waals surface area (Å²) in [6.07, 6.45) is 3.20. The first-order valence-electron chi connectivity index (χ1n) is 11.6. The second kappa shape index (κ2) is 10.7. The lowest BCUT2D eigenvalue weighted by Crippen LogP contribution is -2.21. The molecule has 35 heavy (non-hydrogen) atoms. The lowest BCUT2D eigenvalue weighted by molar-refractivity contribution is -0.137. The Bertz CT molecular complexity index is 1360. The van der Waals surface area contributed by atoms with Crippen LogP contribution in [0.25, 0.3) is 22.0 Å². The lowest BCUT2D eigenvalue weighted by atomic mass is 10.0. The highest BCUT2D eigenvalue weighted by Gasteiger charge is 2.29. The van der Waals surface area contributed by atoms with E-state index in [-0.39, 0.29) is 5.56 Å². The summed E-state index contributed by atoms with van der Waals surface area (Å²) in [5, 5.41) is 7.55. The number of unbranched alkanes of at least 4 members (excludes halogenated alkanes) is 2. The number of hydrogen-bond acceptors (Lipinski definition) is 3. The normalized spacial score (nSPS) is 11.6. The average molecular weight is 478 g/mol. The van der Waals surface area contributed by atoms with E-state index in [0.717, 1.165) is 43.4 Å². The molecule has 0 spiro atoms. The maximum Gasteiger partial charge on any atom is 0.416 e. The van der Waals surface area contributed by atoms with E-state index < -0.39 is 11.7 Å². The molecule has 0 aliphatic heterocycles. The molecule has 0 amide bonds. The van der Waals surface area contributed by atoms with Gasteiger partial charge in [0, 0.05) is 6.54 Å². The third-order valence-corrected chi connectivity index (χ3v) is 6.10. The smallest absolute Gasteiger partial charge is 0.313 e. The van der Waals surface area contributed by atoms with Crippen molar-refractivity contribution in [3.63, 3.8) is 0 Å². The summed E-state index contributed by atoms with van der Waals surface area (Å²) in [5.41, 5.74) is 3.41. The summed E-state index contributed by atoms with van der Waals surface area (Å²) >= 11 is 0. The highest BCUT2D eigenvalue weighted by Crippen LogP contribution is 2.31. The largest absolute Gasteiger partial charge is 0.416 e. The van der Waals surface area contributed by atoms with E-state index in [2.05, 4.69) is 29.2 Å². The number of rotatable bonds is 9. The maximum absolute atomic E-state index is 13.0. The van der Waals surface area contributed by atoms with Crippen LogP contribution in [0.3, 0.4) is 0 Å². The van der Waals surface area contributed by atoms with Gasteiger partial charge >= 0.3 is 6.18 Å². The molecule has 0 saturated heterocycles. The molecule has 1 N–H and O–H groups in total. The van der Waals surface area contributed by atoms with Crippen LogP contribution in [-0.2, 0) is 25.6 Å². The molecule has 0 aliphatic carbocycles. The molecular weight excluding hydrogens is 451 g/mol. The van der Waals surface area contributed by atoms with E-state index in [0.29, 0.717) is 35.0 Å². The van der Waals surface area contributed by atoms with Gasteiger partial charge in [-0.15, -0.1) is 0 Å². The Kier molecular flexibility index (Phi) is 7.44. The van der Waals surface area contributed by atoms with Gasteiger partial charge in [0.1, 0.15) is 0 Å². The topological polar surface area (TPSA) is 58.7 Å². The first-order valence-corrected chi connectivity index (χ1v) is 11.6. The van der Waals surface area contributed by atoms with Gasteiger partial charge in [0.05, 0.1) is 22.8 Å². The zero-order chi connectivity index (χ0) is 24.8. The fraction of sp³-hybridized carbons (Fsp3) is 0.250. The van der Waals surface area contributed by atoms with E-state index in [1.54, 1.807) is 22.8 Å². The number of hydrogen-bond donors (Lipinski definition) is 1. The van der Waals surface area contributed by atoms with Crippen molar-refractivity contribution >= 4 is 17.1 Å². The third kappa shape index (κ3) is 6.04. The Morgan fingerprint density at radius 2 is 1.51 bits per heavy atom. The molecule has 0 fully saturated rings. The maximum atomic E-state index is 13.0. The van der Waals surface area contributed by atoms with Crippen molar-refractivity contribution in [3.05, 3.63) is 100 Å². The molecule has 0 unspecified atom stereocenters. The Labute approximate surface area is 201 Å². The zero-order valence-electron chi connectivity index (χ0n) is 19.2. The fourth-order valence-electron chi connectivity index (χ4n) is 4.05. The predicted molar refractivity (Wildman–Crippen MR) is 133 cm³/mol. The summed E-state index contributed by atoms with van der Waals surface area (Å²) in [4.78, 5) is 17.4. The van der Waals surface area contributed by atoms with Gasteiger partial charge < -0.3 is 5.41 Å². The minimum atomic E-state index is -4.38. The van der Waals surface area contributed by atoms with Gasteiger partial charge in [0.2, 0.25) is 0 Å². The minimum Gasteiger partial charge on any atom is -0.313 e. The lowest BCUT2D eigenvalue weighted by Gasteiger charge is -2.10. The van der Waals surface area contributed by atoms with Crippen LogP contribution in [0.1, 0.15) is 36.0 Å². The van der Waals surface area contributed by atoms with Gasteiger partial charge in [-0.3, -0.25) is 9.36 Å². The minimum absolute atomic E-state index is 0.142. The van der Waals surface area contributed by atoms with E-state index in [1.807, 2.05) is 0 Å². The van der Waals surface area contributed by atoms with E-state index in [4.69, 9.17) is 5.41 Å². The third-order valence-electron chi connectivity index (χ3n) is 6.10. The number of aryl methyl sites for hydroxylation is 3. The van der Waals surface area contributed by atoms with Crippen molar-refractivity contribution in [2.75, 3.05) is 0 Å². The van der Waals surface area contributed by atoms with Crippen LogP contribution in [-0.4, -0.2) is 15.8 Å². The van der Waals surface area contributed by atoms with Gasteiger partial charge in [-0.25, -0.2) is 4.98 Å². The van der Waals surface area contributed by atoms with E-state index in [9.17, 15) is 18.0 Å². The average Bonchev–Trinajstić information content (AvgIpc) is 2.86. The molecule has 3 aromatic carbocycles. The van der Waals surface area contributed by atoms with Crippen molar-refractivity contribution in [3.8, 4) is 11.1 Å². The van der Waals surface area contributed by atoms with Crippen molar-refractivity contribution in [2.24, 2.45) is 0 Å². The number of fused-ring (bicyclic) bond motifs is 1. The summed E-state index contributed by atoms with van der Waals surface area (Å²) in [5.74, 6) is 0. The molecule has 7 heteroatoms. The standard InChI is InChI=1S/C28H26F3N3O/c29-28(30,31)24-12-9-22(10-13-24)23-11-14-25-26(18-23)33-19-34(27(25)35)17-15-21-7-5-20(6-8-21)4-2-1-3-16-32/h5-14,16,18-19,32H,1-4,15,17H2. The SMILES string of the molecule is N=CCCCCc1ccc(CCn2cnc3cc(-c4ccc(C(F)(F)F)cc4)ccc3c2=O)cc1. The van der Waals surface area contributed by atoms with Crippen molar-refractivity contribution < 1.29 is 13.2 Å². The van der Waals surface area contributed by atoms with Crippen molar-refractivity contribution in [2.45, 2.75) is 44.8 Å². The fourth-order valence-corrected chi connectivity index (χ4v) is 4.05. The number of benzene rings is 3. The molecule has 0 atom stereocenters. The molecule has 4 nitrogen and oxygen atoms in total. The summed E-state index contributed by atoms with van der Waals surface area (Å²) < 4.78 is 40.0. The summed E-state index contributed by atoms with van der Waals surface area (Å²) in [6, 6.07) is 18.5. The molecule has 1 aromatic heterocycles. The van der Waals surface area contributed by atoms with Crippen molar-refractivity contribution in [1.29, 1.82) is 5.41 Å². The van der Waals surface area contributed by atoms with E-state index in [1.165, 1.54) is 30.2 Å². The molecule has 0 saturated carbocycles. The molecule has 0 bridgehead atoms. The highest BCUT2D eigenvalue weighted by atomic mass is 19.4. The quantitative estimate of drug-likeness (QED) is 0.216. The highest BCUT2D eigenvalue weighted by molar-refractivity contribution is 5.83. The Morgan fingerprint density at radius 1 is 0.857 bits per heavy atom. The Hall–Kier alpha value is -3.74. The molecule has 4 aromatic rings. The van der Waals surface area contributed by atoms with E-state index >= 15 is 0 Å². The number of alkyl halides is 3. The van der Waals surface area contributed by atoms with Gasteiger partial charge in [-0.05, 0) is 84.8 Å². The number of nitrogens with zero attached hydrogens (tertiary/aromatic N) is 2. The predicted octanol–water partition coefficient (Wildman–Crippen LogP) is 6.69. The number of halogens is 3. The molecule has 4 rings (SSSR count). The molecule has 1 heterocycles. The van der Waals surface area contributed by atoms with Crippen LogP contribution < -0.4 is 5.56 Å². The number of nitrogens with one attached hydrogen (secondary N) is 1. The molecular formula is C28H26F3N3O. The van der Waals surface area contributed by atoms with Crippen LogP contribution in [0.15, 0.2) is 77.9 Å². The van der Waals surface area contributed by atoms with Gasteiger partial charge in [0.15, 0.2) is 0 Å². The van der Waals surface area contributed by atoms with Gasteiger partial charge in [-0.2, -0.15) is 13.2 Å². The second-order valence-corrected chi connectivity index (χ2v) is 8.57. The van der Waals surface area contributed by atoms with Gasteiger partial charge in [-0.1, -0.05) is 42.5 Å². The number of aromatic nitrogens is 2. The van der Waals surface area contributed by atoms with Crippen molar-refractivity contribution in [1.82, 2.24) is 9.55 Å². The van der Waals surface area contributed by atoms with Gasteiger partial charge in [0.25, 0.3) is 5.56 Å². The molecule has 0 radical (unpaired) electrons. The second-order valence-electron chi connectivity index (χ2n) is 8.57.